The number of para-hydroxylation sites is 3. The molecule has 174 valence electrons. The summed E-state index contributed by atoms with van der Waals surface area (Å²) in [5.41, 5.74) is 3.19. The Bertz CT molecular complexity index is 1500. The second-order valence-electron chi connectivity index (χ2n) is 7.66. The fraction of sp³-hybridized carbons (Fsp3) is 0.120. The molecule has 0 unspecified atom stereocenters. The van der Waals surface area contributed by atoms with E-state index in [0.29, 0.717) is 22.3 Å². The average Bonchev–Trinajstić information content (AvgIpc) is 2.79. The van der Waals surface area contributed by atoms with Crippen molar-refractivity contribution in [1.29, 1.82) is 0 Å². The third-order valence-electron chi connectivity index (χ3n) is 5.32. The third kappa shape index (κ3) is 4.65. The van der Waals surface area contributed by atoms with E-state index in [-0.39, 0.29) is 17.1 Å². The quantitative estimate of drug-likeness (QED) is 0.388. The van der Waals surface area contributed by atoms with Gasteiger partial charge in [0.15, 0.2) is 11.5 Å². The monoisotopic (exact) mass is 478 g/mol. The molecule has 9 heteroatoms. The Morgan fingerprint density at radius 2 is 1.62 bits per heavy atom. The molecule has 0 aliphatic heterocycles. The van der Waals surface area contributed by atoms with Gasteiger partial charge < -0.3 is 9.26 Å². The fourth-order valence-corrected chi connectivity index (χ4v) is 4.28. The van der Waals surface area contributed by atoms with E-state index >= 15 is 0 Å². The van der Waals surface area contributed by atoms with Crippen LogP contribution in [0.2, 0.25) is 0 Å². The summed E-state index contributed by atoms with van der Waals surface area (Å²) in [6.45, 7) is 3.84. The maximum atomic E-state index is 13.6. The number of phosphoric ester groups is 1. The summed E-state index contributed by atoms with van der Waals surface area (Å²) in [7, 11) is -3.47. The van der Waals surface area contributed by atoms with Gasteiger partial charge in [-0.3, -0.25) is 19.1 Å². The highest BCUT2D eigenvalue weighted by molar-refractivity contribution is 7.46. The molecular weight excluding hydrogens is 455 g/mol. The molecule has 4 aromatic rings. The zero-order valence-electron chi connectivity index (χ0n) is 18.8. The normalized spacial score (nSPS) is 11.8. The van der Waals surface area contributed by atoms with Crippen LogP contribution in [0.25, 0.3) is 28.7 Å². The van der Waals surface area contributed by atoms with Crippen molar-refractivity contribution in [3.05, 3.63) is 93.5 Å². The van der Waals surface area contributed by atoms with Crippen molar-refractivity contribution in [3.8, 4) is 17.2 Å². The van der Waals surface area contributed by atoms with Gasteiger partial charge in [0.25, 0.3) is 5.56 Å². The van der Waals surface area contributed by atoms with Crippen LogP contribution in [-0.4, -0.2) is 26.4 Å². The van der Waals surface area contributed by atoms with E-state index in [4.69, 9.17) is 14.2 Å². The number of ether oxygens (including phenoxy) is 1. The van der Waals surface area contributed by atoms with Crippen LogP contribution < -0.4 is 14.8 Å². The molecule has 0 aliphatic carbocycles. The van der Waals surface area contributed by atoms with Crippen LogP contribution in [0.4, 0.5) is 0 Å². The SMILES string of the molecule is COc1cccc(/C=C/c2nc3ccccc3c(=O)n2-c2c(C)cccc2C)c1OP(=O)(O)O. The maximum absolute atomic E-state index is 13.6. The van der Waals surface area contributed by atoms with E-state index in [1.807, 2.05) is 32.0 Å². The molecule has 2 N–H and O–H groups in total. The molecule has 1 heterocycles. The van der Waals surface area contributed by atoms with Crippen LogP contribution in [0.3, 0.4) is 0 Å². The molecule has 0 fully saturated rings. The van der Waals surface area contributed by atoms with E-state index in [9.17, 15) is 19.1 Å². The summed E-state index contributed by atoms with van der Waals surface area (Å²) in [6, 6.07) is 17.7. The smallest absolute Gasteiger partial charge is 0.493 e. The van der Waals surface area contributed by atoms with Gasteiger partial charge in [-0.1, -0.05) is 42.5 Å². The first-order valence-corrected chi connectivity index (χ1v) is 11.9. The molecule has 0 amide bonds. The van der Waals surface area contributed by atoms with Crippen molar-refractivity contribution in [2.45, 2.75) is 13.8 Å². The van der Waals surface area contributed by atoms with E-state index in [1.165, 1.54) is 13.2 Å². The zero-order chi connectivity index (χ0) is 24.5. The van der Waals surface area contributed by atoms with Crippen molar-refractivity contribution in [2.75, 3.05) is 7.11 Å². The number of hydrogen-bond acceptors (Lipinski definition) is 5. The van der Waals surface area contributed by atoms with Gasteiger partial charge in [-0.2, -0.15) is 0 Å². The van der Waals surface area contributed by atoms with Crippen molar-refractivity contribution >= 4 is 30.9 Å². The molecule has 0 radical (unpaired) electrons. The molecule has 0 aliphatic rings. The summed E-state index contributed by atoms with van der Waals surface area (Å²) < 4.78 is 23.2. The summed E-state index contributed by atoms with van der Waals surface area (Å²) in [4.78, 5) is 37.0. The standard InChI is InChI=1S/C25H23N2O6P/c1-16-8-6-9-17(2)23(16)27-22(26-20-12-5-4-11-19(20)25(27)28)15-14-18-10-7-13-21(32-3)24(18)33-34(29,30)31/h4-15H,1-3H3,(H2,29,30,31)/b15-14+. The topological polar surface area (TPSA) is 111 Å². The van der Waals surface area contributed by atoms with Crippen LogP contribution in [0.1, 0.15) is 22.5 Å². The highest BCUT2D eigenvalue weighted by Gasteiger charge is 2.21. The number of fused-ring (bicyclic) bond motifs is 1. The molecule has 1 aromatic heterocycles. The third-order valence-corrected chi connectivity index (χ3v) is 5.74. The minimum Gasteiger partial charge on any atom is -0.493 e. The second-order valence-corrected chi connectivity index (χ2v) is 8.83. The molecule has 0 atom stereocenters. The van der Waals surface area contributed by atoms with Crippen LogP contribution >= 0.6 is 7.82 Å². The number of methoxy groups -OCH3 is 1. The number of benzene rings is 3. The number of aryl methyl sites for hydroxylation is 2. The molecule has 0 saturated heterocycles. The summed E-state index contributed by atoms with van der Waals surface area (Å²) in [5.74, 6) is 0.395. The van der Waals surface area contributed by atoms with Crippen LogP contribution in [0.15, 0.2) is 65.5 Å². The highest BCUT2D eigenvalue weighted by Crippen LogP contribution is 2.44. The largest absolute Gasteiger partial charge is 0.524 e. The number of hydrogen-bond donors (Lipinski definition) is 2. The predicted octanol–water partition coefficient (Wildman–Crippen LogP) is 4.65. The van der Waals surface area contributed by atoms with Gasteiger partial charge in [-0.05, 0) is 55.3 Å². The van der Waals surface area contributed by atoms with E-state index in [1.54, 1.807) is 53.1 Å². The lowest BCUT2D eigenvalue weighted by atomic mass is 10.1. The number of nitrogens with zero attached hydrogens (tertiary/aromatic N) is 2. The first kappa shape index (κ1) is 23.4. The minimum atomic E-state index is -4.85. The Hall–Kier alpha value is -3.71. The van der Waals surface area contributed by atoms with Gasteiger partial charge in [-0.15, -0.1) is 0 Å². The first-order chi connectivity index (χ1) is 16.2. The molecule has 34 heavy (non-hydrogen) atoms. The molecule has 3 aromatic carbocycles. The fourth-order valence-electron chi connectivity index (χ4n) is 3.84. The first-order valence-electron chi connectivity index (χ1n) is 10.4. The van der Waals surface area contributed by atoms with Crippen molar-refractivity contribution in [2.24, 2.45) is 0 Å². The molecule has 0 saturated carbocycles. The maximum Gasteiger partial charge on any atom is 0.524 e. The van der Waals surface area contributed by atoms with Crippen molar-refractivity contribution in [3.63, 3.8) is 0 Å². The lowest BCUT2D eigenvalue weighted by Crippen LogP contribution is -2.23. The van der Waals surface area contributed by atoms with Gasteiger partial charge >= 0.3 is 7.82 Å². The Labute approximate surface area is 196 Å². The number of aromatic nitrogens is 2. The van der Waals surface area contributed by atoms with Gasteiger partial charge in [-0.25, -0.2) is 9.55 Å². The summed E-state index contributed by atoms with van der Waals surface area (Å²) in [6.07, 6.45) is 3.19. The average molecular weight is 478 g/mol. The van der Waals surface area contributed by atoms with Gasteiger partial charge in [0.2, 0.25) is 0 Å². The minimum absolute atomic E-state index is 0.114. The van der Waals surface area contributed by atoms with Crippen molar-refractivity contribution in [1.82, 2.24) is 9.55 Å². The summed E-state index contributed by atoms with van der Waals surface area (Å²) in [5, 5.41) is 0.481. The van der Waals surface area contributed by atoms with Crippen LogP contribution in [0, 0.1) is 13.8 Å². The van der Waals surface area contributed by atoms with E-state index in [2.05, 4.69) is 0 Å². The Morgan fingerprint density at radius 1 is 0.941 bits per heavy atom. The van der Waals surface area contributed by atoms with Crippen LogP contribution in [0.5, 0.6) is 11.5 Å². The number of rotatable bonds is 6. The zero-order valence-corrected chi connectivity index (χ0v) is 19.7. The molecule has 0 spiro atoms. The molecule has 8 nitrogen and oxygen atoms in total. The highest BCUT2D eigenvalue weighted by atomic mass is 31.2. The van der Waals surface area contributed by atoms with Gasteiger partial charge in [0.1, 0.15) is 5.82 Å². The summed E-state index contributed by atoms with van der Waals surface area (Å²) >= 11 is 0. The molecular formula is C25H23N2O6P. The lowest BCUT2D eigenvalue weighted by Gasteiger charge is -2.16. The number of phosphoric acid groups is 1. The van der Waals surface area contributed by atoms with E-state index < -0.39 is 7.82 Å². The Kier molecular flexibility index (Phi) is 6.39. The van der Waals surface area contributed by atoms with Gasteiger partial charge in [0, 0.05) is 5.56 Å². The predicted molar refractivity (Wildman–Crippen MR) is 131 cm³/mol. The van der Waals surface area contributed by atoms with E-state index in [0.717, 1.165) is 16.8 Å². The lowest BCUT2D eigenvalue weighted by molar-refractivity contribution is 0.276. The van der Waals surface area contributed by atoms with Gasteiger partial charge in [0.05, 0.1) is 23.7 Å². The van der Waals surface area contributed by atoms with Crippen molar-refractivity contribution < 1.29 is 23.6 Å². The second kappa shape index (κ2) is 9.27. The molecule has 4 rings (SSSR count). The molecule has 0 bridgehead atoms. The van der Waals surface area contributed by atoms with Crippen LogP contribution in [-0.2, 0) is 4.57 Å². The Balaban J connectivity index is 1.97. The Morgan fingerprint density at radius 3 is 2.29 bits per heavy atom.